The van der Waals surface area contributed by atoms with Gasteiger partial charge in [0.1, 0.15) is 5.75 Å². The Morgan fingerprint density at radius 2 is 1.69 bits per heavy atom. The Bertz CT molecular complexity index is 787. The van der Waals surface area contributed by atoms with Crippen LogP contribution in [-0.4, -0.2) is 56.3 Å². The average molecular weight is 377 g/mol. The zero-order valence-electron chi connectivity index (χ0n) is 14.7. The van der Waals surface area contributed by atoms with Crippen LogP contribution in [0.1, 0.15) is 10.4 Å². The largest absolute Gasteiger partial charge is 0.508 e. The topological polar surface area (TPSA) is 62.2 Å². The predicted molar refractivity (Wildman–Crippen MR) is 101 cm³/mol. The normalized spacial score (nSPS) is 14.3. The number of hydrogen-bond donors (Lipinski definition) is 1. The number of carbonyl (C=O) groups is 1. The average Bonchev–Trinajstić information content (AvgIpc) is 2.67. The third kappa shape index (κ3) is 3.65. The van der Waals surface area contributed by atoms with E-state index in [4.69, 9.17) is 21.1 Å². The van der Waals surface area contributed by atoms with Gasteiger partial charge in [0.2, 0.25) is 0 Å². The molecule has 1 saturated heterocycles. The van der Waals surface area contributed by atoms with E-state index < -0.39 is 0 Å². The number of nitrogens with zero attached hydrogens (tertiary/aromatic N) is 2. The number of aromatic hydroxyl groups is 1. The van der Waals surface area contributed by atoms with E-state index in [2.05, 4.69) is 4.90 Å². The number of ether oxygens (including phenoxy) is 2. The number of benzene rings is 2. The first-order valence-corrected chi connectivity index (χ1v) is 8.66. The minimum absolute atomic E-state index is 0.0850. The van der Waals surface area contributed by atoms with Crippen LogP contribution >= 0.6 is 11.6 Å². The Morgan fingerprint density at radius 1 is 1.04 bits per heavy atom. The van der Waals surface area contributed by atoms with Gasteiger partial charge in [0.25, 0.3) is 5.91 Å². The maximum absolute atomic E-state index is 12.8. The van der Waals surface area contributed by atoms with Crippen molar-refractivity contribution >= 4 is 23.2 Å². The summed E-state index contributed by atoms with van der Waals surface area (Å²) < 4.78 is 10.5. The van der Waals surface area contributed by atoms with E-state index in [1.54, 1.807) is 29.2 Å². The molecule has 1 aliphatic rings. The third-order valence-corrected chi connectivity index (χ3v) is 4.74. The number of anilines is 1. The molecule has 2 aromatic carbocycles. The van der Waals surface area contributed by atoms with Crippen molar-refractivity contribution in [3.63, 3.8) is 0 Å². The maximum atomic E-state index is 12.8. The molecule has 1 aliphatic heterocycles. The summed E-state index contributed by atoms with van der Waals surface area (Å²) >= 11 is 6.21. The zero-order valence-corrected chi connectivity index (χ0v) is 15.5. The Kier molecular flexibility index (Phi) is 5.42. The quantitative estimate of drug-likeness (QED) is 0.888. The van der Waals surface area contributed by atoms with Gasteiger partial charge >= 0.3 is 0 Å². The summed E-state index contributed by atoms with van der Waals surface area (Å²) in [6.07, 6.45) is 0. The lowest BCUT2D eigenvalue weighted by Crippen LogP contribution is -2.48. The van der Waals surface area contributed by atoms with Crippen molar-refractivity contribution in [2.75, 3.05) is 45.3 Å². The zero-order chi connectivity index (χ0) is 18.7. The van der Waals surface area contributed by atoms with Crippen LogP contribution in [0.5, 0.6) is 17.2 Å². The van der Waals surface area contributed by atoms with E-state index in [-0.39, 0.29) is 11.7 Å². The van der Waals surface area contributed by atoms with Crippen molar-refractivity contribution in [2.45, 2.75) is 0 Å². The Hall–Kier alpha value is -2.60. The van der Waals surface area contributed by atoms with Crippen molar-refractivity contribution in [1.29, 1.82) is 0 Å². The lowest BCUT2D eigenvalue weighted by atomic mass is 10.1. The fourth-order valence-electron chi connectivity index (χ4n) is 3.06. The van der Waals surface area contributed by atoms with Crippen molar-refractivity contribution in [1.82, 2.24) is 4.90 Å². The van der Waals surface area contributed by atoms with E-state index in [1.165, 1.54) is 14.2 Å². The second kappa shape index (κ2) is 7.74. The molecule has 0 unspecified atom stereocenters. The van der Waals surface area contributed by atoms with Crippen molar-refractivity contribution in [3.8, 4) is 17.2 Å². The number of methoxy groups -OCH3 is 2. The number of phenols is 1. The molecule has 7 heteroatoms. The molecule has 1 N–H and O–H groups in total. The lowest BCUT2D eigenvalue weighted by Gasteiger charge is -2.36. The van der Waals surface area contributed by atoms with Gasteiger partial charge in [0, 0.05) is 37.4 Å². The predicted octanol–water partition coefficient (Wildman–Crippen LogP) is 3.03. The highest BCUT2D eigenvalue weighted by Gasteiger charge is 2.24. The summed E-state index contributed by atoms with van der Waals surface area (Å²) in [5, 5.41) is 9.74. The van der Waals surface area contributed by atoms with Crippen LogP contribution in [0.15, 0.2) is 36.4 Å². The van der Waals surface area contributed by atoms with E-state index >= 15 is 0 Å². The van der Waals surface area contributed by atoms with E-state index in [1.807, 2.05) is 12.1 Å². The van der Waals surface area contributed by atoms with Gasteiger partial charge in [-0.15, -0.1) is 0 Å². The van der Waals surface area contributed by atoms with Crippen LogP contribution < -0.4 is 14.4 Å². The molecule has 138 valence electrons. The lowest BCUT2D eigenvalue weighted by molar-refractivity contribution is 0.0746. The maximum Gasteiger partial charge on any atom is 0.254 e. The monoisotopic (exact) mass is 376 g/mol. The first-order chi connectivity index (χ1) is 12.5. The summed E-state index contributed by atoms with van der Waals surface area (Å²) in [5.41, 5.74) is 1.51. The first-order valence-electron chi connectivity index (χ1n) is 8.28. The summed E-state index contributed by atoms with van der Waals surface area (Å²) in [5.74, 6) is 1.01. The molecule has 0 bridgehead atoms. The molecule has 0 saturated carbocycles. The fourth-order valence-corrected chi connectivity index (χ4v) is 3.34. The molecule has 0 spiro atoms. The van der Waals surface area contributed by atoms with Gasteiger partial charge in [0.15, 0.2) is 11.5 Å². The second-order valence-corrected chi connectivity index (χ2v) is 6.40. The molecule has 2 aromatic rings. The molecule has 0 atom stereocenters. The molecule has 6 nitrogen and oxygen atoms in total. The van der Waals surface area contributed by atoms with E-state index in [0.717, 1.165) is 18.8 Å². The van der Waals surface area contributed by atoms with Crippen molar-refractivity contribution in [2.24, 2.45) is 0 Å². The molecule has 0 radical (unpaired) electrons. The molecule has 1 amide bonds. The molecular formula is C19H21ClN2O4. The van der Waals surface area contributed by atoms with E-state index in [0.29, 0.717) is 35.2 Å². The van der Waals surface area contributed by atoms with Crippen LogP contribution in [0.3, 0.4) is 0 Å². The minimum atomic E-state index is -0.0850. The first kappa shape index (κ1) is 18.2. The highest BCUT2D eigenvalue weighted by atomic mass is 35.5. The Morgan fingerprint density at radius 3 is 2.27 bits per heavy atom. The van der Waals surface area contributed by atoms with Gasteiger partial charge in [0.05, 0.1) is 19.2 Å². The fraction of sp³-hybridized carbons (Fsp3) is 0.316. The number of piperazine rings is 1. The molecule has 1 heterocycles. The van der Waals surface area contributed by atoms with Gasteiger partial charge in [-0.25, -0.2) is 0 Å². The molecule has 26 heavy (non-hydrogen) atoms. The standard InChI is InChI=1S/C19H21ClN2O4/c1-25-17-12-13(11-16(20)18(17)26-2)19(24)22-9-7-21(8-10-22)14-3-5-15(23)6-4-14/h3-6,11-12,23H,7-10H2,1-2H3. The van der Waals surface area contributed by atoms with Crippen molar-refractivity contribution in [3.05, 3.63) is 47.0 Å². The molecule has 0 aliphatic carbocycles. The number of rotatable bonds is 4. The molecule has 1 fully saturated rings. The molecule has 0 aromatic heterocycles. The third-order valence-electron chi connectivity index (χ3n) is 4.46. The summed E-state index contributed by atoms with van der Waals surface area (Å²) in [6, 6.07) is 10.3. The summed E-state index contributed by atoms with van der Waals surface area (Å²) in [4.78, 5) is 16.8. The Balaban J connectivity index is 1.70. The van der Waals surface area contributed by atoms with Crippen molar-refractivity contribution < 1.29 is 19.4 Å². The number of phenolic OH excluding ortho intramolecular Hbond substituents is 1. The van der Waals surface area contributed by atoms with Gasteiger partial charge in [-0.05, 0) is 36.4 Å². The molecule has 3 rings (SSSR count). The minimum Gasteiger partial charge on any atom is -0.508 e. The summed E-state index contributed by atoms with van der Waals surface area (Å²) in [6.45, 7) is 2.65. The van der Waals surface area contributed by atoms with Gasteiger partial charge in [-0.2, -0.15) is 0 Å². The van der Waals surface area contributed by atoms with Gasteiger partial charge in [-0.3, -0.25) is 4.79 Å². The van der Waals surface area contributed by atoms with Gasteiger partial charge in [-0.1, -0.05) is 11.6 Å². The van der Waals surface area contributed by atoms with Crippen LogP contribution in [0.4, 0.5) is 5.69 Å². The Labute approximate surface area is 157 Å². The van der Waals surface area contributed by atoms with Gasteiger partial charge < -0.3 is 24.4 Å². The second-order valence-electron chi connectivity index (χ2n) is 5.99. The highest BCUT2D eigenvalue weighted by molar-refractivity contribution is 6.32. The molecular weight excluding hydrogens is 356 g/mol. The van der Waals surface area contributed by atoms with Crippen LogP contribution in [0, 0.1) is 0 Å². The number of amides is 1. The SMILES string of the molecule is COc1cc(C(=O)N2CCN(c3ccc(O)cc3)CC2)cc(Cl)c1OC. The van der Waals surface area contributed by atoms with Crippen LogP contribution in [0.25, 0.3) is 0 Å². The number of hydrogen-bond acceptors (Lipinski definition) is 5. The number of halogens is 1. The van der Waals surface area contributed by atoms with Crippen LogP contribution in [0.2, 0.25) is 5.02 Å². The van der Waals surface area contributed by atoms with E-state index in [9.17, 15) is 9.90 Å². The number of carbonyl (C=O) groups excluding carboxylic acids is 1. The smallest absolute Gasteiger partial charge is 0.254 e. The highest BCUT2D eigenvalue weighted by Crippen LogP contribution is 2.36. The van der Waals surface area contributed by atoms with Crippen LogP contribution in [-0.2, 0) is 0 Å². The summed E-state index contributed by atoms with van der Waals surface area (Å²) in [7, 11) is 3.02.